The van der Waals surface area contributed by atoms with E-state index in [1.807, 2.05) is 12.1 Å². The van der Waals surface area contributed by atoms with Gasteiger partial charge in [-0.05, 0) is 66.0 Å². The fourth-order valence-corrected chi connectivity index (χ4v) is 4.62. The molecule has 8 nitrogen and oxygen atoms in total. The van der Waals surface area contributed by atoms with Gasteiger partial charge in [0.2, 0.25) is 0 Å². The minimum absolute atomic E-state index is 0.440. The van der Waals surface area contributed by atoms with Crippen LogP contribution in [0.5, 0.6) is 11.5 Å². The van der Waals surface area contributed by atoms with Gasteiger partial charge in [-0.1, -0.05) is 23.2 Å². The second kappa shape index (κ2) is 10.1. The van der Waals surface area contributed by atoms with Crippen molar-refractivity contribution in [1.82, 2.24) is 29.2 Å². The van der Waals surface area contributed by atoms with E-state index in [2.05, 4.69) is 68.0 Å². The topological polar surface area (TPSA) is 78.8 Å². The Morgan fingerprint density at radius 1 is 0.818 bits per heavy atom. The monoisotopic (exact) mass is 676 g/mol. The minimum Gasteiger partial charge on any atom is -0.496 e. The summed E-state index contributed by atoms with van der Waals surface area (Å²) in [5.41, 5.74) is 2.70. The highest BCUT2D eigenvalue weighted by atomic mass is 79.9. The summed E-state index contributed by atoms with van der Waals surface area (Å²) in [7, 11) is 3.19. The normalized spacial score (nSPS) is 10.9. The molecule has 0 N–H and O–H groups in total. The third-order valence-electron chi connectivity index (χ3n) is 4.45. The Hall–Kier alpha value is -1.92. The molecule has 0 fully saturated rings. The van der Waals surface area contributed by atoms with Gasteiger partial charge in [-0.15, -0.1) is 0 Å². The van der Waals surface area contributed by atoms with Gasteiger partial charge in [0.05, 0.1) is 51.3 Å². The number of fused-ring (bicyclic) bond motifs is 2. The standard InChI is InChI=1S/C14H10Br2ClN3O2.C6H3BrClN3/c1-21-10-4-3-7(15)13(22-2)12(10)9-5-11(17)20-14(19-9)8(16)6-18-20;7-4-3-10-11-5(8)1-2-9-6(4)11/h3-6H,1-2H3;1-3H. The van der Waals surface area contributed by atoms with Gasteiger partial charge >= 0.3 is 0 Å². The van der Waals surface area contributed by atoms with Crippen molar-refractivity contribution < 1.29 is 9.47 Å². The van der Waals surface area contributed by atoms with Gasteiger partial charge in [-0.2, -0.15) is 10.2 Å². The zero-order valence-electron chi connectivity index (χ0n) is 16.9. The summed E-state index contributed by atoms with van der Waals surface area (Å²) in [4.78, 5) is 8.68. The third-order valence-corrected chi connectivity index (χ3v) is 6.75. The van der Waals surface area contributed by atoms with Gasteiger partial charge in [0.15, 0.2) is 11.3 Å². The molecule has 0 aliphatic rings. The van der Waals surface area contributed by atoms with Crippen LogP contribution >= 0.6 is 71.0 Å². The van der Waals surface area contributed by atoms with E-state index in [0.717, 1.165) is 24.6 Å². The molecular weight excluding hydrogens is 667 g/mol. The average Bonchev–Trinajstić information content (AvgIpc) is 3.38. The zero-order valence-corrected chi connectivity index (χ0v) is 23.2. The maximum Gasteiger partial charge on any atom is 0.171 e. The molecule has 13 heteroatoms. The van der Waals surface area contributed by atoms with Crippen LogP contribution in [0.2, 0.25) is 10.3 Å². The molecule has 170 valence electrons. The first-order valence-corrected chi connectivity index (χ1v) is 12.2. The SMILES string of the molecule is COc1ccc(Br)c(OC)c1-c1cc(Cl)n2ncc(Br)c2n1.Clc1ccnc2c(Br)cnn12. The van der Waals surface area contributed by atoms with Crippen molar-refractivity contribution in [2.75, 3.05) is 14.2 Å². The lowest BCUT2D eigenvalue weighted by Gasteiger charge is -2.14. The van der Waals surface area contributed by atoms with E-state index >= 15 is 0 Å². The summed E-state index contributed by atoms with van der Waals surface area (Å²) < 4.78 is 16.4. The maximum absolute atomic E-state index is 6.30. The number of benzene rings is 1. The van der Waals surface area contributed by atoms with Crippen LogP contribution in [-0.4, -0.2) is 43.4 Å². The van der Waals surface area contributed by atoms with Gasteiger partial charge in [0.25, 0.3) is 0 Å². The third kappa shape index (κ3) is 4.69. The number of rotatable bonds is 3. The van der Waals surface area contributed by atoms with Crippen molar-refractivity contribution in [3.8, 4) is 22.8 Å². The highest BCUT2D eigenvalue weighted by Crippen LogP contribution is 2.43. The molecule has 0 amide bonds. The van der Waals surface area contributed by atoms with E-state index < -0.39 is 0 Å². The first kappa shape index (κ1) is 24.2. The average molecular weight is 680 g/mol. The molecular formula is C20H13Br3Cl2N6O2. The van der Waals surface area contributed by atoms with Crippen molar-refractivity contribution in [2.45, 2.75) is 0 Å². The van der Waals surface area contributed by atoms with Gasteiger partial charge in [-0.3, -0.25) is 0 Å². The lowest BCUT2D eigenvalue weighted by Crippen LogP contribution is -1.99. The fraction of sp³-hybridized carbons (Fsp3) is 0.100. The molecule has 4 heterocycles. The van der Waals surface area contributed by atoms with Crippen LogP contribution in [0.3, 0.4) is 0 Å². The number of methoxy groups -OCH3 is 2. The summed E-state index contributed by atoms with van der Waals surface area (Å²) in [6.07, 6.45) is 4.95. The van der Waals surface area contributed by atoms with Crippen molar-refractivity contribution in [3.05, 3.63) is 66.6 Å². The second-order valence-electron chi connectivity index (χ2n) is 6.35. The van der Waals surface area contributed by atoms with Crippen molar-refractivity contribution in [3.63, 3.8) is 0 Å². The van der Waals surface area contributed by atoms with Gasteiger partial charge in [-0.25, -0.2) is 19.0 Å². The molecule has 0 saturated carbocycles. The minimum atomic E-state index is 0.440. The molecule has 4 aromatic heterocycles. The molecule has 0 saturated heterocycles. The highest BCUT2D eigenvalue weighted by Gasteiger charge is 2.19. The number of aromatic nitrogens is 6. The van der Waals surface area contributed by atoms with Gasteiger partial charge in [0, 0.05) is 12.3 Å². The van der Waals surface area contributed by atoms with Crippen LogP contribution in [0.25, 0.3) is 22.6 Å². The molecule has 1 aromatic carbocycles. The van der Waals surface area contributed by atoms with Crippen molar-refractivity contribution in [2.24, 2.45) is 0 Å². The lowest BCUT2D eigenvalue weighted by atomic mass is 10.1. The van der Waals surface area contributed by atoms with E-state index in [0.29, 0.717) is 33.1 Å². The van der Waals surface area contributed by atoms with Crippen LogP contribution in [-0.2, 0) is 0 Å². The van der Waals surface area contributed by atoms with Crippen LogP contribution in [0.4, 0.5) is 0 Å². The zero-order chi connectivity index (χ0) is 23.7. The first-order valence-electron chi connectivity index (χ1n) is 9.10. The molecule has 0 spiro atoms. The number of nitrogens with zero attached hydrogens (tertiary/aromatic N) is 6. The van der Waals surface area contributed by atoms with E-state index in [-0.39, 0.29) is 0 Å². The Bertz CT molecular complexity index is 1470. The molecule has 0 unspecified atom stereocenters. The van der Waals surface area contributed by atoms with Gasteiger partial charge in [0.1, 0.15) is 21.8 Å². The first-order chi connectivity index (χ1) is 15.8. The Morgan fingerprint density at radius 3 is 2.12 bits per heavy atom. The molecule has 5 rings (SSSR count). The number of ether oxygens (including phenoxy) is 2. The van der Waals surface area contributed by atoms with Crippen LogP contribution < -0.4 is 9.47 Å². The molecule has 0 aliphatic heterocycles. The number of hydrogen-bond acceptors (Lipinski definition) is 6. The Kier molecular flexibility index (Phi) is 7.44. The number of hydrogen-bond donors (Lipinski definition) is 0. The molecule has 33 heavy (non-hydrogen) atoms. The van der Waals surface area contributed by atoms with E-state index in [1.165, 1.54) is 0 Å². The predicted molar refractivity (Wildman–Crippen MR) is 138 cm³/mol. The largest absolute Gasteiger partial charge is 0.496 e. The Morgan fingerprint density at radius 2 is 1.48 bits per heavy atom. The summed E-state index contributed by atoms with van der Waals surface area (Å²) in [5, 5.41) is 9.15. The quantitative estimate of drug-likeness (QED) is 0.197. The highest BCUT2D eigenvalue weighted by molar-refractivity contribution is 9.11. The van der Waals surface area contributed by atoms with E-state index in [1.54, 1.807) is 54.0 Å². The summed E-state index contributed by atoms with van der Waals surface area (Å²) >= 11 is 22.3. The van der Waals surface area contributed by atoms with Crippen LogP contribution in [0, 0.1) is 0 Å². The van der Waals surface area contributed by atoms with E-state index in [4.69, 9.17) is 32.7 Å². The molecule has 0 bridgehead atoms. The molecule has 0 radical (unpaired) electrons. The maximum atomic E-state index is 6.30. The van der Waals surface area contributed by atoms with Crippen LogP contribution in [0.15, 0.2) is 56.3 Å². The predicted octanol–water partition coefficient (Wildman–Crippen LogP) is 6.74. The fourth-order valence-electron chi connectivity index (χ4n) is 3.01. The Balaban J connectivity index is 0.000000196. The van der Waals surface area contributed by atoms with Crippen molar-refractivity contribution in [1.29, 1.82) is 0 Å². The van der Waals surface area contributed by atoms with Crippen molar-refractivity contribution >= 4 is 82.3 Å². The Labute approximate surface area is 223 Å². The number of halogens is 5. The smallest absolute Gasteiger partial charge is 0.171 e. The summed E-state index contributed by atoms with van der Waals surface area (Å²) in [5.74, 6) is 1.27. The summed E-state index contributed by atoms with van der Waals surface area (Å²) in [6, 6.07) is 7.11. The van der Waals surface area contributed by atoms with E-state index in [9.17, 15) is 0 Å². The second-order valence-corrected chi connectivity index (χ2v) is 9.68. The molecule has 0 aliphatic carbocycles. The molecule has 0 atom stereocenters. The summed E-state index contributed by atoms with van der Waals surface area (Å²) in [6.45, 7) is 0. The van der Waals surface area contributed by atoms with Gasteiger partial charge < -0.3 is 9.47 Å². The lowest BCUT2D eigenvalue weighted by molar-refractivity contribution is 0.395. The molecule has 5 aromatic rings. The van der Waals surface area contributed by atoms with Crippen LogP contribution in [0.1, 0.15) is 0 Å².